The molecule has 0 unspecified atom stereocenters. The number of benzene rings is 2. The molecule has 0 radical (unpaired) electrons. The van der Waals surface area contributed by atoms with Gasteiger partial charge in [-0.1, -0.05) is 47.7 Å². The SMILES string of the molecule is Cc1ccc(Sc2nc(NN)nc3ccccc23)c(C)c1. The maximum Gasteiger partial charge on any atom is 0.238 e. The van der Waals surface area contributed by atoms with E-state index in [0.717, 1.165) is 15.9 Å². The van der Waals surface area contributed by atoms with Crippen molar-refractivity contribution in [2.24, 2.45) is 5.84 Å². The molecule has 0 fully saturated rings. The van der Waals surface area contributed by atoms with Crippen molar-refractivity contribution >= 4 is 28.6 Å². The minimum atomic E-state index is 0.431. The van der Waals surface area contributed by atoms with Crippen molar-refractivity contribution < 1.29 is 0 Å². The van der Waals surface area contributed by atoms with Gasteiger partial charge in [-0.3, -0.25) is 5.43 Å². The van der Waals surface area contributed by atoms with Crippen molar-refractivity contribution in [3.8, 4) is 0 Å². The Balaban J connectivity index is 2.10. The first kappa shape index (κ1) is 13.9. The number of nitrogens with zero attached hydrogens (tertiary/aromatic N) is 2. The Morgan fingerprint density at radius 2 is 1.86 bits per heavy atom. The third-order valence-electron chi connectivity index (χ3n) is 3.23. The summed E-state index contributed by atoms with van der Waals surface area (Å²) in [4.78, 5) is 10.1. The Morgan fingerprint density at radius 1 is 1.05 bits per heavy atom. The summed E-state index contributed by atoms with van der Waals surface area (Å²) in [7, 11) is 0. The number of aromatic nitrogens is 2. The number of para-hydroxylation sites is 1. The van der Waals surface area contributed by atoms with Gasteiger partial charge in [0.15, 0.2) is 0 Å². The number of rotatable bonds is 3. The quantitative estimate of drug-likeness (QED) is 0.438. The van der Waals surface area contributed by atoms with E-state index in [0.29, 0.717) is 5.95 Å². The van der Waals surface area contributed by atoms with E-state index in [1.807, 2.05) is 24.3 Å². The second-order valence-electron chi connectivity index (χ2n) is 4.88. The fourth-order valence-corrected chi connectivity index (χ4v) is 3.19. The van der Waals surface area contributed by atoms with Crippen molar-refractivity contribution in [2.75, 3.05) is 5.43 Å². The molecule has 0 bridgehead atoms. The second kappa shape index (κ2) is 5.71. The van der Waals surface area contributed by atoms with Crippen molar-refractivity contribution in [3.63, 3.8) is 0 Å². The third-order valence-corrected chi connectivity index (χ3v) is 4.42. The highest BCUT2D eigenvalue weighted by atomic mass is 32.2. The number of hydrazine groups is 1. The molecule has 21 heavy (non-hydrogen) atoms. The molecule has 5 heteroatoms. The summed E-state index contributed by atoms with van der Waals surface area (Å²) in [6, 6.07) is 14.4. The van der Waals surface area contributed by atoms with Crippen LogP contribution < -0.4 is 11.3 Å². The Kier molecular flexibility index (Phi) is 3.77. The fraction of sp³-hybridized carbons (Fsp3) is 0.125. The van der Waals surface area contributed by atoms with Crippen LogP contribution in [0.2, 0.25) is 0 Å². The molecule has 0 saturated carbocycles. The molecule has 3 aromatic rings. The van der Waals surface area contributed by atoms with E-state index in [-0.39, 0.29) is 0 Å². The molecule has 0 aliphatic carbocycles. The zero-order valence-electron chi connectivity index (χ0n) is 11.9. The molecule has 1 aromatic heterocycles. The van der Waals surface area contributed by atoms with Gasteiger partial charge < -0.3 is 0 Å². The Labute approximate surface area is 127 Å². The number of aryl methyl sites for hydroxylation is 2. The van der Waals surface area contributed by atoms with Crippen LogP contribution in [0.5, 0.6) is 0 Å². The Bertz CT molecular complexity index is 801. The topological polar surface area (TPSA) is 63.8 Å². The minimum absolute atomic E-state index is 0.431. The fourth-order valence-electron chi connectivity index (χ4n) is 2.21. The predicted molar refractivity (Wildman–Crippen MR) is 87.4 cm³/mol. The van der Waals surface area contributed by atoms with E-state index >= 15 is 0 Å². The number of nitrogens with one attached hydrogen (secondary N) is 1. The number of nitrogen functional groups attached to an aromatic ring is 1. The second-order valence-corrected chi connectivity index (χ2v) is 5.92. The van der Waals surface area contributed by atoms with E-state index in [1.54, 1.807) is 11.8 Å². The van der Waals surface area contributed by atoms with Crippen LogP contribution >= 0.6 is 11.8 Å². The van der Waals surface area contributed by atoms with Gasteiger partial charge in [0.2, 0.25) is 5.95 Å². The van der Waals surface area contributed by atoms with Crippen LogP contribution in [0.4, 0.5) is 5.95 Å². The molecule has 3 N–H and O–H groups in total. The van der Waals surface area contributed by atoms with Crippen LogP contribution in [0.1, 0.15) is 11.1 Å². The number of nitrogens with two attached hydrogens (primary N) is 1. The zero-order valence-corrected chi connectivity index (χ0v) is 12.7. The first-order valence-electron chi connectivity index (χ1n) is 6.66. The monoisotopic (exact) mass is 296 g/mol. The highest BCUT2D eigenvalue weighted by molar-refractivity contribution is 7.99. The van der Waals surface area contributed by atoms with Crippen molar-refractivity contribution in [1.29, 1.82) is 0 Å². The van der Waals surface area contributed by atoms with Gasteiger partial charge in [-0.15, -0.1) is 0 Å². The van der Waals surface area contributed by atoms with Gasteiger partial charge in [0.25, 0.3) is 0 Å². The highest BCUT2D eigenvalue weighted by Crippen LogP contribution is 2.34. The average molecular weight is 296 g/mol. The lowest BCUT2D eigenvalue weighted by Gasteiger charge is -2.10. The first-order valence-corrected chi connectivity index (χ1v) is 7.47. The average Bonchev–Trinajstić information content (AvgIpc) is 2.49. The van der Waals surface area contributed by atoms with Gasteiger partial charge >= 0.3 is 0 Å². The smallest absolute Gasteiger partial charge is 0.238 e. The summed E-state index contributed by atoms with van der Waals surface area (Å²) in [5.74, 6) is 5.90. The molecule has 0 aliphatic rings. The molecular formula is C16H16N4S. The normalized spacial score (nSPS) is 10.8. The van der Waals surface area contributed by atoms with E-state index in [4.69, 9.17) is 5.84 Å². The summed E-state index contributed by atoms with van der Waals surface area (Å²) in [5, 5.41) is 1.93. The number of anilines is 1. The number of fused-ring (bicyclic) bond motifs is 1. The van der Waals surface area contributed by atoms with Gasteiger partial charge in [-0.25, -0.2) is 15.8 Å². The molecular weight excluding hydrogens is 280 g/mol. The van der Waals surface area contributed by atoms with Crippen molar-refractivity contribution in [1.82, 2.24) is 9.97 Å². The molecule has 0 aliphatic heterocycles. The van der Waals surface area contributed by atoms with Gasteiger partial charge in [0, 0.05) is 10.3 Å². The van der Waals surface area contributed by atoms with E-state index in [1.165, 1.54) is 16.0 Å². The summed E-state index contributed by atoms with van der Waals surface area (Å²) in [5.41, 5.74) is 5.91. The molecule has 106 valence electrons. The summed E-state index contributed by atoms with van der Waals surface area (Å²) < 4.78 is 0. The standard InChI is InChI=1S/C16H16N4S/c1-10-7-8-14(11(2)9-10)21-15-12-5-3-4-6-13(12)18-16(19-15)20-17/h3-9H,17H2,1-2H3,(H,18,19,20). The van der Waals surface area contributed by atoms with Gasteiger partial charge in [0.1, 0.15) is 5.03 Å². The molecule has 0 atom stereocenters. The Hall–Kier alpha value is -2.11. The van der Waals surface area contributed by atoms with Crippen LogP contribution in [-0.2, 0) is 0 Å². The largest absolute Gasteiger partial charge is 0.292 e. The number of hydrogen-bond acceptors (Lipinski definition) is 5. The zero-order chi connectivity index (χ0) is 14.8. The lowest BCUT2D eigenvalue weighted by atomic mass is 10.2. The molecule has 4 nitrogen and oxygen atoms in total. The lowest BCUT2D eigenvalue weighted by molar-refractivity contribution is 1.07. The van der Waals surface area contributed by atoms with Crippen LogP contribution in [0.15, 0.2) is 52.4 Å². The van der Waals surface area contributed by atoms with Crippen LogP contribution in [-0.4, -0.2) is 9.97 Å². The first-order chi connectivity index (χ1) is 10.2. The molecule has 3 rings (SSSR count). The van der Waals surface area contributed by atoms with E-state index in [9.17, 15) is 0 Å². The lowest BCUT2D eigenvalue weighted by Crippen LogP contribution is -2.10. The van der Waals surface area contributed by atoms with Gasteiger partial charge in [-0.05, 0) is 31.5 Å². The van der Waals surface area contributed by atoms with Gasteiger partial charge in [0.05, 0.1) is 5.52 Å². The summed E-state index contributed by atoms with van der Waals surface area (Å²) >= 11 is 1.64. The maximum atomic E-state index is 5.47. The van der Waals surface area contributed by atoms with Crippen LogP contribution in [0.3, 0.4) is 0 Å². The van der Waals surface area contributed by atoms with Gasteiger partial charge in [-0.2, -0.15) is 0 Å². The molecule has 0 amide bonds. The van der Waals surface area contributed by atoms with E-state index < -0.39 is 0 Å². The maximum absolute atomic E-state index is 5.47. The third kappa shape index (κ3) is 2.84. The van der Waals surface area contributed by atoms with Crippen LogP contribution in [0, 0.1) is 13.8 Å². The molecule has 1 heterocycles. The minimum Gasteiger partial charge on any atom is -0.292 e. The summed E-state index contributed by atoms with van der Waals surface area (Å²) in [6.45, 7) is 4.21. The predicted octanol–water partition coefficient (Wildman–Crippen LogP) is 3.68. The number of hydrogen-bond donors (Lipinski definition) is 2. The molecule has 0 spiro atoms. The molecule has 2 aromatic carbocycles. The van der Waals surface area contributed by atoms with Crippen molar-refractivity contribution in [2.45, 2.75) is 23.8 Å². The van der Waals surface area contributed by atoms with Crippen molar-refractivity contribution in [3.05, 3.63) is 53.6 Å². The summed E-state index contributed by atoms with van der Waals surface area (Å²) in [6.07, 6.45) is 0. The Morgan fingerprint density at radius 3 is 2.62 bits per heavy atom. The van der Waals surface area contributed by atoms with E-state index in [2.05, 4.69) is 47.4 Å². The molecule has 0 saturated heterocycles. The highest BCUT2D eigenvalue weighted by Gasteiger charge is 2.10. The van der Waals surface area contributed by atoms with Crippen LogP contribution in [0.25, 0.3) is 10.9 Å².